The first kappa shape index (κ1) is 30.6. The maximum Gasteiger partial charge on any atom is 0.356 e. The second-order valence-corrected chi connectivity index (χ2v) is 12.4. The Morgan fingerprint density at radius 2 is 1.89 bits per heavy atom. The van der Waals surface area contributed by atoms with Gasteiger partial charge in [0.05, 0.1) is 23.5 Å². The van der Waals surface area contributed by atoms with Gasteiger partial charge in [-0.15, -0.1) is 5.11 Å². The highest BCUT2D eigenvalue weighted by molar-refractivity contribution is 5.97. The number of nitrogens with two attached hydrogens (primary N) is 1. The SMILES string of the molecule is COc1c(N2C[C@@H]3CCCN(CCn4c(O)c(N=NC(N)=O)c5cc(F)ccc54)[C@@H]3C2)c(F)cc2c(=O)c(C(=O)O)cn(C3CC3)c12. The number of halogens is 2. The Kier molecular flexibility index (Phi) is 7.57. The van der Waals surface area contributed by atoms with Crippen LogP contribution in [0.3, 0.4) is 0 Å². The second kappa shape index (κ2) is 11.6. The molecule has 0 radical (unpaired) electrons. The predicted octanol–water partition coefficient (Wildman–Crippen LogP) is 4.74. The first-order chi connectivity index (χ1) is 22.6. The summed E-state index contributed by atoms with van der Waals surface area (Å²) < 4.78 is 39.3. The number of hydrogen-bond acceptors (Lipinski definition) is 8. The van der Waals surface area contributed by atoms with Gasteiger partial charge in [0.15, 0.2) is 17.3 Å². The molecule has 3 fully saturated rings. The van der Waals surface area contributed by atoms with Crippen molar-refractivity contribution in [2.45, 2.75) is 44.3 Å². The number of azo groups is 1. The van der Waals surface area contributed by atoms with Crippen molar-refractivity contribution < 1.29 is 33.3 Å². The number of carbonyl (C=O) groups excluding carboxylic acids is 1. The van der Waals surface area contributed by atoms with Gasteiger partial charge in [-0.3, -0.25) is 9.69 Å². The number of fused-ring (bicyclic) bond motifs is 3. The quantitative estimate of drug-likeness (QED) is 0.230. The van der Waals surface area contributed by atoms with Crippen LogP contribution in [0.2, 0.25) is 0 Å². The number of aromatic nitrogens is 2. The van der Waals surface area contributed by atoms with Crippen LogP contribution in [-0.4, -0.2) is 75.6 Å². The van der Waals surface area contributed by atoms with E-state index < -0.39 is 34.6 Å². The molecule has 0 spiro atoms. The predicted molar refractivity (Wildman–Crippen MR) is 168 cm³/mol. The van der Waals surface area contributed by atoms with Gasteiger partial charge in [-0.1, -0.05) is 5.11 Å². The second-order valence-electron chi connectivity index (χ2n) is 12.4. The average Bonchev–Trinajstić information content (AvgIpc) is 3.73. The number of benzene rings is 2. The highest BCUT2D eigenvalue weighted by Crippen LogP contribution is 2.46. The molecule has 3 aliphatic rings. The zero-order valence-electron chi connectivity index (χ0n) is 25.5. The summed E-state index contributed by atoms with van der Waals surface area (Å²) in [6.45, 7) is 2.62. The van der Waals surface area contributed by atoms with E-state index in [0.29, 0.717) is 37.2 Å². The van der Waals surface area contributed by atoms with Crippen molar-refractivity contribution in [1.29, 1.82) is 0 Å². The van der Waals surface area contributed by atoms with Crippen LogP contribution in [-0.2, 0) is 6.54 Å². The van der Waals surface area contributed by atoms with Crippen molar-refractivity contribution in [3.8, 4) is 11.6 Å². The average molecular weight is 650 g/mol. The fraction of sp³-hybridized carbons (Fsp3) is 0.406. The number of likely N-dealkylation sites (tertiary alicyclic amines) is 1. The summed E-state index contributed by atoms with van der Waals surface area (Å²) >= 11 is 0. The number of carbonyl (C=O) groups is 2. The summed E-state index contributed by atoms with van der Waals surface area (Å²) in [6, 6.07) is 4.14. The van der Waals surface area contributed by atoms with E-state index in [2.05, 4.69) is 15.1 Å². The number of methoxy groups -OCH3 is 1. The Morgan fingerprint density at radius 3 is 2.60 bits per heavy atom. The maximum absolute atomic E-state index is 16.0. The fourth-order valence-corrected chi connectivity index (χ4v) is 7.41. The molecule has 2 atom stereocenters. The van der Waals surface area contributed by atoms with Gasteiger partial charge in [-0.05, 0) is 62.4 Å². The molecule has 47 heavy (non-hydrogen) atoms. The molecule has 7 rings (SSSR count). The number of aromatic hydroxyl groups is 1. The Bertz CT molecular complexity index is 2040. The number of amides is 2. The number of carboxylic acid groups (broad SMARTS) is 1. The molecule has 1 aliphatic carbocycles. The van der Waals surface area contributed by atoms with Gasteiger partial charge in [-0.2, -0.15) is 0 Å². The van der Waals surface area contributed by atoms with Crippen LogP contribution in [0.25, 0.3) is 21.8 Å². The van der Waals surface area contributed by atoms with E-state index in [1.807, 2.05) is 4.90 Å². The van der Waals surface area contributed by atoms with Crippen molar-refractivity contribution >= 4 is 45.2 Å². The van der Waals surface area contributed by atoms with E-state index in [1.165, 1.54) is 31.5 Å². The van der Waals surface area contributed by atoms with Gasteiger partial charge >= 0.3 is 12.0 Å². The van der Waals surface area contributed by atoms with E-state index in [4.69, 9.17) is 10.5 Å². The molecule has 0 unspecified atom stereocenters. The highest BCUT2D eigenvalue weighted by Gasteiger charge is 2.41. The lowest BCUT2D eigenvalue weighted by Crippen LogP contribution is -2.46. The molecule has 1 saturated carbocycles. The molecule has 4 heterocycles. The number of anilines is 1. The summed E-state index contributed by atoms with van der Waals surface area (Å²) in [5, 5.41) is 28.0. The molecule has 13 nitrogen and oxygen atoms in total. The van der Waals surface area contributed by atoms with Crippen LogP contribution in [0.5, 0.6) is 11.6 Å². The molecule has 2 aliphatic heterocycles. The minimum absolute atomic E-state index is 0.00415. The summed E-state index contributed by atoms with van der Waals surface area (Å²) in [6.07, 6.45) is 4.81. The van der Waals surface area contributed by atoms with Gasteiger partial charge in [0.1, 0.15) is 17.1 Å². The topological polar surface area (TPSA) is 168 Å². The molecule has 4 N–H and O–H groups in total. The number of rotatable bonds is 8. The Labute approximate surface area is 266 Å². The minimum Gasteiger partial charge on any atom is -0.493 e. The molecule has 4 aromatic rings. The number of piperidine rings is 1. The molecule has 0 bridgehead atoms. The molecule has 2 aromatic carbocycles. The molecule has 246 valence electrons. The standard InChI is InChI=1S/C32H33F2N7O6/c1-47-29-26-20(28(42)21(31(44)45)14-41(26)18-5-6-18)12-22(34)27(29)39-13-16-3-2-8-38(24(16)15-39)9-10-40-23-7-4-17(33)11-19(23)25(30(40)43)36-37-32(35)46/h4,7,11-12,14,16,18,24,43H,2-3,5-6,8-10,13,15H2,1H3,(H2,35,46)(H,44,45)/t16-,24+/m0/s1. The molecule has 15 heteroatoms. The Morgan fingerprint density at radius 1 is 1.11 bits per heavy atom. The van der Waals surface area contributed by atoms with Crippen LogP contribution in [0.15, 0.2) is 45.5 Å². The zero-order chi connectivity index (χ0) is 33.1. The third kappa shape index (κ3) is 5.23. The number of primary amides is 1. The fourth-order valence-electron chi connectivity index (χ4n) is 7.41. The third-order valence-electron chi connectivity index (χ3n) is 9.62. The van der Waals surface area contributed by atoms with Crippen molar-refractivity contribution in [3.63, 3.8) is 0 Å². The lowest BCUT2D eigenvalue weighted by molar-refractivity contribution is 0.0694. The minimum atomic E-state index is -1.36. The zero-order valence-corrected chi connectivity index (χ0v) is 25.5. The monoisotopic (exact) mass is 649 g/mol. The van der Waals surface area contributed by atoms with Crippen LogP contribution >= 0.6 is 0 Å². The lowest BCUT2D eigenvalue weighted by atomic mass is 9.92. The van der Waals surface area contributed by atoms with E-state index in [0.717, 1.165) is 38.3 Å². The molecule has 2 aromatic heterocycles. The molecular formula is C32H33F2N7O6. The van der Waals surface area contributed by atoms with Gasteiger partial charge in [-0.25, -0.2) is 18.4 Å². The number of nitrogens with zero attached hydrogens (tertiary/aromatic N) is 6. The number of urea groups is 1. The van der Waals surface area contributed by atoms with Gasteiger partial charge in [0, 0.05) is 49.8 Å². The van der Waals surface area contributed by atoms with Crippen molar-refractivity contribution in [3.05, 3.63) is 57.9 Å². The number of pyridine rings is 1. The first-order valence-corrected chi connectivity index (χ1v) is 15.5. The van der Waals surface area contributed by atoms with E-state index in [-0.39, 0.29) is 51.8 Å². The van der Waals surface area contributed by atoms with Crippen LogP contribution in [0.4, 0.5) is 25.0 Å². The van der Waals surface area contributed by atoms with E-state index >= 15 is 4.39 Å². The van der Waals surface area contributed by atoms with Crippen molar-refractivity contribution in [1.82, 2.24) is 14.0 Å². The van der Waals surface area contributed by atoms with Gasteiger partial charge in [0.2, 0.25) is 11.3 Å². The highest BCUT2D eigenvalue weighted by atomic mass is 19.1. The molecule has 2 saturated heterocycles. The number of carboxylic acids is 1. The largest absolute Gasteiger partial charge is 0.493 e. The van der Waals surface area contributed by atoms with Gasteiger partial charge in [0.25, 0.3) is 0 Å². The summed E-state index contributed by atoms with van der Waals surface area (Å²) in [5.41, 5.74) is 5.03. The third-order valence-corrected chi connectivity index (χ3v) is 9.62. The Balaban J connectivity index is 1.20. The first-order valence-electron chi connectivity index (χ1n) is 15.5. The van der Waals surface area contributed by atoms with E-state index in [9.17, 15) is 29.0 Å². The van der Waals surface area contributed by atoms with Crippen molar-refractivity contribution in [2.75, 3.05) is 38.2 Å². The molecular weight excluding hydrogens is 616 g/mol. The van der Waals surface area contributed by atoms with Crippen molar-refractivity contribution in [2.24, 2.45) is 21.9 Å². The van der Waals surface area contributed by atoms with Crippen LogP contribution < -0.4 is 20.8 Å². The number of aromatic carboxylic acids is 1. The molecule has 2 amide bonds. The number of ether oxygens (including phenoxy) is 1. The van der Waals surface area contributed by atoms with E-state index in [1.54, 1.807) is 9.13 Å². The summed E-state index contributed by atoms with van der Waals surface area (Å²) in [7, 11) is 1.43. The maximum atomic E-state index is 16.0. The number of hydrogen-bond donors (Lipinski definition) is 3. The lowest BCUT2D eigenvalue weighted by Gasteiger charge is -2.37. The summed E-state index contributed by atoms with van der Waals surface area (Å²) in [5.74, 6) is -2.42. The smallest absolute Gasteiger partial charge is 0.356 e. The normalized spacial score (nSPS) is 20.0. The Hall–Kier alpha value is -5.05. The van der Waals surface area contributed by atoms with Gasteiger partial charge < -0.3 is 34.7 Å². The van der Waals surface area contributed by atoms with Crippen LogP contribution in [0.1, 0.15) is 42.1 Å². The van der Waals surface area contributed by atoms with Crippen LogP contribution in [0, 0.1) is 17.6 Å². The summed E-state index contributed by atoms with van der Waals surface area (Å²) in [4.78, 5) is 40.4.